The average molecular weight is 488 g/mol. The molecule has 2 heterocycles. The van der Waals surface area contributed by atoms with Gasteiger partial charge in [0.15, 0.2) is 10.9 Å². The number of furan rings is 1. The minimum Gasteiger partial charge on any atom is -0.451 e. The van der Waals surface area contributed by atoms with Crippen molar-refractivity contribution in [2.24, 2.45) is 0 Å². The van der Waals surface area contributed by atoms with Gasteiger partial charge in [0.1, 0.15) is 5.76 Å². The van der Waals surface area contributed by atoms with E-state index in [1.807, 2.05) is 12.1 Å². The van der Waals surface area contributed by atoms with Crippen LogP contribution in [-0.4, -0.2) is 23.6 Å². The topological polar surface area (TPSA) is 57.5 Å². The number of halogens is 2. The molecule has 1 aliphatic heterocycles. The Kier molecular flexibility index (Phi) is 7.04. The second kappa shape index (κ2) is 9.94. The van der Waals surface area contributed by atoms with Gasteiger partial charge in [-0.3, -0.25) is 10.1 Å². The van der Waals surface area contributed by atoms with Crippen LogP contribution in [0.3, 0.4) is 0 Å². The van der Waals surface area contributed by atoms with E-state index in [0.717, 1.165) is 17.8 Å². The largest absolute Gasteiger partial charge is 0.451 e. The zero-order chi connectivity index (χ0) is 22.7. The number of carbonyl (C=O) groups excluding carboxylic acids is 1. The van der Waals surface area contributed by atoms with Crippen molar-refractivity contribution in [3.8, 4) is 11.3 Å². The summed E-state index contributed by atoms with van der Waals surface area (Å²) in [6.07, 6.45) is 3.73. The third kappa shape index (κ3) is 5.26. The van der Waals surface area contributed by atoms with Gasteiger partial charge < -0.3 is 14.6 Å². The second-order valence-electron chi connectivity index (χ2n) is 7.79. The highest BCUT2D eigenvalue weighted by Crippen LogP contribution is 2.30. The molecule has 0 saturated carbocycles. The van der Waals surface area contributed by atoms with E-state index < -0.39 is 5.91 Å². The summed E-state index contributed by atoms with van der Waals surface area (Å²) < 4.78 is 5.66. The maximum atomic E-state index is 12.5. The fourth-order valence-electron chi connectivity index (χ4n) is 3.81. The molecule has 2 aromatic carbocycles. The lowest BCUT2D eigenvalue weighted by Crippen LogP contribution is -2.37. The monoisotopic (exact) mass is 487 g/mol. The standard InChI is InChI=1S/C24H23Cl2N3O2S/c1-15-4-2-3-13-29(15)18-8-6-17(7-9-18)27-24(32)28-23(30)22-12-11-21(31-22)16-5-10-19(25)20(26)14-16/h5-12,14-15H,2-4,13H2,1H3,(H2,27,28,30,32)/t15-/m0/s1. The Morgan fingerprint density at radius 1 is 1.06 bits per heavy atom. The maximum absolute atomic E-state index is 12.5. The van der Waals surface area contributed by atoms with E-state index in [4.69, 9.17) is 39.8 Å². The molecule has 1 aliphatic rings. The average Bonchev–Trinajstić information content (AvgIpc) is 3.27. The van der Waals surface area contributed by atoms with Gasteiger partial charge in [0.05, 0.1) is 10.0 Å². The molecule has 1 saturated heterocycles. The predicted molar refractivity (Wildman–Crippen MR) is 135 cm³/mol. The summed E-state index contributed by atoms with van der Waals surface area (Å²) >= 11 is 17.3. The molecule has 0 spiro atoms. The number of rotatable bonds is 4. The van der Waals surface area contributed by atoms with Crippen molar-refractivity contribution in [3.63, 3.8) is 0 Å². The lowest BCUT2D eigenvalue weighted by molar-refractivity contribution is 0.0951. The lowest BCUT2D eigenvalue weighted by Gasteiger charge is -2.35. The number of thiocarbonyl (C=S) groups is 1. The summed E-state index contributed by atoms with van der Waals surface area (Å²) in [7, 11) is 0. The molecule has 1 fully saturated rings. The molecule has 1 atom stereocenters. The van der Waals surface area contributed by atoms with Crippen molar-refractivity contribution in [1.82, 2.24) is 5.32 Å². The first kappa shape index (κ1) is 22.6. The highest BCUT2D eigenvalue weighted by molar-refractivity contribution is 7.80. The Morgan fingerprint density at radius 2 is 1.84 bits per heavy atom. The van der Waals surface area contributed by atoms with Crippen molar-refractivity contribution >= 4 is 57.8 Å². The number of hydrogen-bond donors (Lipinski definition) is 2. The number of anilines is 2. The van der Waals surface area contributed by atoms with Gasteiger partial charge in [-0.05, 0) is 93.0 Å². The Hall–Kier alpha value is -2.54. The van der Waals surface area contributed by atoms with Crippen LogP contribution in [0.2, 0.25) is 10.0 Å². The predicted octanol–water partition coefficient (Wildman–Crippen LogP) is 6.76. The van der Waals surface area contributed by atoms with Gasteiger partial charge in [0, 0.05) is 29.5 Å². The van der Waals surface area contributed by atoms with Crippen LogP contribution in [0.25, 0.3) is 11.3 Å². The van der Waals surface area contributed by atoms with E-state index in [1.165, 1.54) is 24.9 Å². The van der Waals surface area contributed by atoms with Crippen LogP contribution in [0, 0.1) is 0 Å². The number of nitrogens with zero attached hydrogens (tertiary/aromatic N) is 1. The first-order valence-electron chi connectivity index (χ1n) is 10.4. The maximum Gasteiger partial charge on any atom is 0.293 e. The fraction of sp³-hybridized carbons (Fsp3) is 0.250. The van der Waals surface area contributed by atoms with Crippen molar-refractivity contribution in [2.45, 2.75) is 32.2 Å². The van der Waals surface area contributed by atoms with Crippen LogP contribution in [0.4, 0.5) is 11.4 Å². The highest BCUT2D eigenvalue weighted by atomic mass is 35.5. The van der Waals surface area contributed by atoms with Gasteiger partial charge in [-0.2, -0.15) is 0 Å². The molecular weight excluding hydrogens is 465 g/mol. The van der Waals surface area contributed by atoms with Crippen LogP contribution in [0.15, 0.2) is 59.0 Å². The molecule has 0 radical (unpaired) electrons. The minimum atomic E-state index is -0.437. The normalized spacial score (nSPS) is 16.0. The Bertz CT molecular complexity index is 1130. The molecule has 2 N–H and O–H groups in total. The van der Waals surface area contributed by atoms with Gasteiger partial charge in [0.2, 0.25) is 0 Å². The Morgan fingerprint density at radius 3 is 2.56 bits per heavy atom. The highest BCUT2D eigenvalue weighted by Gasteiger charge is 2.18. The summed E-state index contributed by atoms with van der Waals surface area (Å²) in [6, 6.07) is 17.0. The smallest absolute Gasteiger partial charge is 0.293 e. The summed E-state index contributed by atoms with van der Waals surface area (Å²) in [5.74, 6) is 0.215. The van der Waals surface area contributed by atoms with Crippen molar-refractivity contribution in [2.75, 3.05) is 16.8 Å². The minimum absolute atomic E-state index is 0.143. The molecule has 0 unspecified atom stereocenters. The second-order valence-corrected chi connectivity index (χ2v) is 9.01. The number of nitrogens with one attached hydrogen (secondary N) is 2. The van der Waals surface area contributed by atoms with E-state index in [0.29, 0.717) is 21.8 Å². The molecule has 32 heavy (non-hydrogen) atoms. The summed E-state index contributed by atoms with van der Waals surface area (Å²) in [5.41, 5.74) is 2.73. The molecule has 1 aromatic heterocycles. The van der Waals surface area contributed by atoms with Crippen molar-refractivity contribution in [3.05, 3.63) is 70.4 Å². The van der Waals surface area contributed by atoms with Crippen LogP contribution in [0.5, 0.6) is 0 Å². The number of piperidine rings is 1. The SMILES string of the molecule is C[C@H]1CCCCN1c1ccc(NC(=S)NC(=O)c2ccc(-c3ccc(Cl)c(Cl)c3)o2)cc1. The first-order valence-corrected chi connectivity index (χ1v) is 11.6. The molecular formula is C24H23Cl2N3O2S. The lowest BCUT2D eigenvalue weighted by atomic mass is 10.0. The van der Waals surface area contributed by atoms with Gasteiger partial charge >= 0.3 is 0 Å². The van der Waals surface area contributed by atoms with Crippen molar-refractivity contribution < 1.29 is 9.21 Å². The van der Waals surface area contributed by atoms with Gasteiger partial charge in [-0.25, -0.2) is 0 Å². The third-order valence-electron chi connectivity index (χ3n) is 5.52. The fourth-order valence-corrected chi connectivity index (χ4v) is 4.32. The molecule has 166 valence electrons. The van der Waals surface area contributed by atoms with Crippen molar-refractivity contribution in [1.29, 1.82) is 0 Å². The number of amides is 1. The molecule has 0 aliphatic carbocycles. The molecule has 8 heteroatoms. The Labute approximate surface area is 202 Å². The van der Waals surface area contributed by atoms with Crippen LogP contribution < -0.4 is 15.5 Å². The van der Waals surface area contributed by atoms with E-state index >= 15 is 0 Å². The number of benzene rings is 2. The molecule has 0 bridgehead atoms. The Balaban J connectivity index is 1.35. The molecule has 5 nitrogen and oxygen atoms in total. The zero-order valence-electron chi connectivity index (χ0n) is 17.5. The molecule has 4 rings (SSSR count). The van der Waals surface area contributed by atoms with E-state index in [9.17, 15) is 4.79 Å². The molecule has 1 amide bonds. The summed E-state index contributed by atoms with van der Waals surface area (Å²) in [6.45, 7) is 3.34. The first-order chi connectivity index (χ1) is 15.4. The van der Waals surface area contributed by atoms with Crippen LogP contribution >= 0.6 is 35.4 Å². The third-order valence-corrected chi connectivity index (χ3v) is 6.46. The zero-order valence-corrected chi connectivity index (χ0v) is 19.9. The van der Waals surface area contributed by atoms with Crippen LogP contribution in [-0.2, 0) is 0 Å². The summed E-state index contributed by atoms with van der Waals surface area (Å²) in [4.78, 5) is 14.9. The van der Waals surface area contributed by atoms with Gasteiger partial charge in [0.25, 0.3) is 5.91 Å². The summed E-state index contributed by atoms with van der Waals surface area (Å²) in [5, 5.41) is 6.75. The van der Waals surface area contributed by atoms with E-state index in [1.54, 1.807) is 30.3 Å². The van der Waals surface area contributed by atoms with Gasteiger partial charge in [-0.15, -0.1) is 0 Å². The quantitative estimate of drug-likeness (QED) is 0.398. The van der Waals surface area contributed by atoms with Crippen LogP contribution in [0.1, 0.15) is 36.7 Å². The van der Waals surface area contributed by atoms with Gasteiger partial charge in [-0.1, -0.05) is 23.2 Å². The van der Waals surface area contributed by atoms with E-state index in [-0.39, 0.29) is 10.9 Å². The van der Waals surface area contributed by atoms with E-state index in [2.05, 4.69) is 34.6 Å². The number of carbonyl (C=O) groups is 1. The molecule has 3 aromatic rings. The number of hydrogen-bond acceptors (Lipinski definition) is 4.